The van der Waals surface area contributed by atoms with Gasteiger partial charge in [-0.15, -0.1) is 0 Å². The average Bonchev–Trinajstić information content (AvgIpc) is 2.98. The third kappa shape index (κ3) is 4.14. The van der Waals surface area contributed by atoms with Crippen molar-refractivity contribution in [1.29, 1.82) is 0 Å². The molecule has 1 fully saturated rings. The third-order valence-corrected chi connectivity index (χ3v) is 5.00. The molecule has 1 saturated heterocycles. The number of aryl methyl sites for hydroxylation is 1. The summed E-state index contributed by atoms with van der Waals surface area (Å²) in [4.78, 5) is 26.3. The van der Waals surface area contributed by atoms with E-state index in [1.165, 1.54) is 0 Å². The van der Waals surface area contributed by atoms with Crippen LogP contribution in [0.1, 0.15) is 17.5 Å². The lowest BCUT2D eigenvalue weighted by Crippen LogP contribution is -2.32. The minimum absolute atomic E-state index is 0.0634. The molecule has 1 aliphatic rings. The van der Waals surface area contributed by atoms with Gasteiger partial charge in [-0.05, 0) is 42.3 Å². The summed E-state index contributed by atoms with van der Waals surface area (Å²) in [5.41, 5.74) is 2.65. The molecular formula is C19H18Cl2N2O2. The van der Waals surface area contributed by atoms with Gasteiger partial charge in [0.2, 0.25) is 11.8 Å². The van der Waals surface area contributed by atoms with Gasteiger partial charge < -0.3 is 10.2 Å². The molecule has 25 heavy (non-hydrogen) atoms. The van der Waals surface area contributed by atoms with E-state index in [9.17, 15) is 9.59 Å². The van der Waals surface area contributed by atoms with Gasteiger partial charge in [-0.1, -0.05) is 41.4 Å². The molecule has 2 aromatic carbocycles. The number of carbonyl (C=O) groups is 2. The van der Waals surface area contributed by atoms with Gasteiger partial charge in [0, 0.05) is 35.2 Å². The summed E-state index contributed by atoms with van der Waals surface area (Å²) in [5.74, 6) is -0.546. The maximum Gasteiger partial charge on any atom is 0.227 e. The average molecular weight is 377 g/mol. The van der Waals surface area contributed by atoms with Crippen molar-refractivity contribution >= 4 is 40.7 Å². The van der Waals surface area contributed by atoms with Gasteiger partial charge in [-0.3, -0.25) is 9.59 Å². The molecular weight excluding hydrogens is 359 g/mol. The summed E-state index contributed by atoms with van der Waals surface area (Å²) in [6, 6.07) is 12.8. The monoisotopic (exact) mass is 376 g/mol. The fraction of sp³-hybridized carbons (Fsp3) is 0.263. The van der Waals surface area contributed by atoms with Crippen molar-refractivity contribution in [3.8, 4) is 0 Å². The number of nitrogens with zero attached hydrogens (tertiary/aromatic N) is 1. The van der Waals surface area contributed by atoms with E-state index in [1.807, 2.05) is 31.2 Å². The van der Waals surface area contributed by atoms with Crippen molar-refractivity contribution in [3.63, 3.8) is 0 Å². The predicted octanol–water partition coefficient (Wildman–Crippen LogP) is 3.97. The van der Waals surface area contributed by atoms with Gasteiger partial charge in [-0.2, -0.15) is 0 Å². The highest BCUT2D eigenvalue weighted by Crippen LogP contribution is 2.28. The molecule has 0 spiro atoms. The Labute approximate surface area is 156 Å². The number of hydrogen-bond donors (Lipinski definition) is 1. The molecule has 3 rings (SSSR count). The molecule has 1 atom stereocenters. The third-order valence-electron chi connectivity index (χ3n) is 4.34. The first kappa shape index (κ1) is 17.8. The van der Waals surface area contributed by atoms with E-state index in [0.717, 1.165) is 16.8 Å². The van der Waals surface area contributed by atoms with Gasteiger partial charge in [0.1, 0.15) is 0 Å². The summed E-state index contributed by atoms with van der Waals surface area (Å²) in [5, 5.41) is 4.15. The Kier molecular flexibility index (Phi) is 5.30. The van der Waals surface area contributed by atoms with E-state index in [-0.39, 0.29) is 24.2 Å². The second-order valence-electron chi connectivity index (χ2n) is 6.18. The van der Waals surface area contributed by atoms with Crippen molar-refractivity contribution in [1.82, 2.24) is 5.32 Å². The van der Waals surface area contributed by atoms with E-state index in [4.69, 9.17) is 23.2 Å². The molecule has 0 aromatic heterocycles. The van der Waals surface area contributed by atoms with Crippen molar-refractivity contribution in [3.05, 3.63) is 63.6 Å². The van der Waals surface area contributed by atoms with Gasteiger partial charge in [-0.25, -0.2) is 0 Å². The first-order valence-electron chi connectivity index (χ1n) is 8.02. The van der Waals surface area contributed by atoms with Crippen LogP contribution in [-0.4, -0.2) is 18.4 Å². The van der Waals surface area contributed by atoms with E-state index in [2.05, 4.69) is 5.32 Å². The van der Waals surface area contributed by atoms with Gasteiger partial charge in [0.05, 0.1) is 5.92 Å². The maximum atomic E-state index is 12.4. The largest absolute Gasteiger partial charge is 0.352 e. The molecule has 0 unspecified atom stereocenters. The minimum atomic E-state index is -0.361. The van der Waals surface area contributed by atoms with Crippen LogP contribution in [0, 0.1) is 12.8 Å². The number of anilines is 1. The summed E-state index contributed by atoms with van der Waals surface area (Å²) in [7, 11) is 0. The Morgan fingerprint density at radius 3 is 2.60 bits per heavy atom. The number of hydrogen-bond acceptors (Lipinski definition) is 2. The lowest BCUT2D eigenvalue weighted by Gasteiger charge is -2.17. The molecule has 0 saturated carbocycles. The van der Waals surface area contributed by atoms with Crippen LogP contribution in [-0.2, 0) is 16.1 Å². The molecule has 1 aliphatic heterocycles. The van der Waals surface area contributed by atoms with Crippen molar-refractivity contribution in [2.45, 2.75) is 19.9 Å². The molecule has 1 heterocycles. The number of nitrogens with one attached hydrogen (secondary N) is 1. The number of benzene rings is 2. The van der Waals surface area contributed by atoms with Gasteiger partial charge >= 0.3 is 0 Å². The fourth-order valence-electron chi connectivity index (χ4n) is 2.82. The van der Waals surface area contributed by atoms with Crippen LogP contribution in [0.25, 0.3) is 0 Å². The smallest absolute Gasteiger partial charge is 0.227 e. The summed E-state index contributed by atoms with van der Waals surface area (Å²) in [6.07, 6.45) is 0.206. The van der Waals surface area contributed by atoms with Crippen molar-refractivity contribution < 1.29 is 9.59 Å². The SMILES string of the molecule is Cc1ccc(N2C[C@H](C(=O)NCc3ccc(Cl)cc3)CC2=O)cc1Cl. The Bertz CT molecular complexity index is 806. The highest BCUT2D eigenvalue weighted by Gasteiger charge is 2.35. The topological polar surface area (TPSA) is 49.4 Å². The molecule has 6 heteroatoms. The van der Waals surface area contributed by atoms with Crippen molar-refractivity contribution in [2.75, 3.05) is 11.4 Å². The zero-order valence-electron chi connectivity index (χ0n) is 13.8. The van der Waals surface area contributed by atoms with Gasteiger partial charge in [0.25, 0.3) is 0 Å². The van der Waals surface area contributed by atoms with Crippen LogP contribution >= 0.6 is 23.2 Å². The molecule has 4 nitrogen and oxygen atoms in total. The quantitative estimate of drug-likeness (QED) is 0.877. The zero-order valence-corrected chi connectivity index (χ0v) is 15.3. The highest BCUT2D eigenvalue weighted by molar-refractivity contribution is 6.31. The normalized spacial score (nSPS) is 17.0. The second kappa shape index (κ2) is 7.46. The molecule has 2 aromatic rings. The lowest BCUT2D eigenvalue weighted by atomic mass is 10.1. The zero-order chi connectivity index (χ0) is 18.0. The predicted molar refractivity (Wildman–Crippen MR) is 99.9 cm³/mol. The first-order valence-corrected chi connectivity index (χ1v) is 8.78. The van der Waals surface area contributed by atoms with Crippen LogP contribution < -0.4 is 10.2 Å². The van der Waals surface area contributed by atoms with Crippen molar-refractivity contribution in [2.24, 2.45) is 5.92 Å². The fourth-order valence-corrected chi connectivity index (χ4v) is 3.12. The number of carbonyl (C=O) groups excluding carboxylic acids is 2. The van der Waals surface area contributed by atoms with Crippen LogP contribution in [0.2, 0.25) is 10.0 Å². The summed E-state index contributed by atoms with van der Waals surface area (Å²) in [6.45, 7) is 2.69. The molecule has 1 N–H and O–H groups in total. The van der Waals surface area contributed by atoms with Crippen LogP contribution in [0.15, 0.2) is 42.5 Å². The molecule has 2 amide bonds. The Balaban J connectivity index is 1.62. The van der Waals surface area contributed by atoms with E-state index in [0.29, 0.717) is 23.1 Å². The Morgan fingerprint density at radius 2 is 1.92 bits per heavy atom. The number of rotatable bonds is 4. The lowest BCUT2D eigenvalue weighted by molar-refractivity contribution is -0.126. The van der Waals surface area contributed by atoms with Crippen LogP contribution in [0.5, 0.6) is 0 Å². The number of amides is 2. The highest BCUT2D eigenvalue weighted by atomic mass is 35.5. The molecule has 0 radical (unpaired) electrons. The second-order valence-corrected chi connectivity index (χ2v) is 7.03. The maximum absolute atomic E-state index is 12.4. The molecule has 0 aliphatic carbocycles. The standard InChI is InChI=1S/C19H18Cl2N2O2/c1-12-2-7-16(9-17(12)21)23-11-14(8-18(23)24)19(25)22-10-13-3-5-15(20)6-4-13/h2-7,9,14H,8,10-11H2,1H3,(H,22,25)/t14-/m1/s1. The summed E-state index contributed by atoms with van der Waals surface area (Å²) >= 11 is 12.0. The van der Waals surface area contributed by atoms with Gasteiger partial charge in [0.15, 0.2) is 0 Å². The minimum Gasteiger partial charge on any atom is -0.352 e. The first-order chi connectivity index (χ1) is 11.9. The molecule has 130 valence electrons. The Morgan fingerprint density at radius 1 is 1.20 bits per heavy atom. The number of halogens is 2. The van der Waals surface area contributed by atoms with E-state index in [1.54, 1.807) is 23.1 Å². The van der Waals surface area contributed by atoms with Crippen LogP contribution in [0.4, 0.5) is 5.69 Å². The summed E-state index contributed by atoms with van der Waals surface area (Å²) < 4.78 is 0. The molecule has 0 bridgehead atoms. The Hall–Kier alpha value is -2.04. The van der Waals surface area contributed by atoms with Crippen LogP contribution in [0.3, 0.4) is 0 Å². The van der Waals surface area contributed by atoms with E-state index < -0.39 is 0 Å². The van der Waals surface area contributed by atoms with E-state index >= 15 is 0 Å².